The zero-order chi connectivity index (χ0) is 14.0. The Hall–Kier alpha value is -1.36. The van der Waals surface area contributed by atoms with Crippen LogP contribution in [0.5, 0.6) is 0 Å². The maximum atomic E-state index is 12.4. The molecule has 18 heavy (non-hydrogen) atoms. The molecular weight excluding hydrogens is 243 g/mol. The molecule has 5 heteroatoms. The van der Waals surface area contributed by atoms with Crippen LogP contribution in [0, 0.1) is 0 Å². The number of ketones is 1. The maximum absolute atomic E-state index is 12.4. The second kappa shape index (κ2) is 5.10. The monoisotopic (exact) mass is 259 g/mol. The minimum atomic E-state index is -4.39. The number of halogens is 3. The van der Waals surface area contributed by atoms with E-state index in [1.54, 1.807) is 13.8 Å². The van der Waals surface area contributed by atoms with Crippen LogP contribution in [0.2, 0.25) is 0 Å². The lowest BCUT2D eigenvalue weighted by molar-refractivity contribution is -0.137. The van der Waals surface area contributed by atoms with Gasteiger partial charge in [0.25, 0.3) is 0 Å². The van der Waals surface area contributed by atoms with Crippen molar-refractivity contribution in [2.24, 2.45) is 5.73 Å². The molecule has 0 heterocycles. The van der Waals surface area contributed by atoms with Crippen molar-refractivity contribution in [2.75, 3.05) is 0 Å². The van der Waals surface area contributed by atoms with Crippen molar-refractivity contribution < 1.29 is 18.0 Å². The van der Waals surface area contributed by atoms with E-state index in [0.29, 0.717) is 12.8 Å². The van der Waals surface area contributed by atoms with Crippen molar-refractivity contribution in [3.05, 3.63) is 35.4 Å². The zero-order valence-corrected chi connectivity index (χ0v) is 10.3. The molecule has 1 aromatic carbocycles. The molecule has 0 fully saturated rings. The molecule has 0 radical (unpaired) electrons. The minimum Gasteiger partial charge on any atom is -0.319 e. The van der Waals surface area contributed by atoms with Crippen molar-refractivity contribution in [1.29, 1.82) is 0 Å². The highest BCUT2D eigenvalue weighted by atomic mass is 19.4. The van der Waals surface area contributed by atoms with Crippen LogP contribution in [0.3, 0.4) is 0 Å². The predicted octanol–water partition coefficient (Wildman–Crippen LogP) is 3.41. The smallest absolute Gasteiger partial charge is 0.319 e. The van der Waals surface area contributed by atoms with Gasteiger partial charge in [-0.25, -0.2) is 0 Å². The van der Waals surface area contributed by atoms with Crippen molar-refractivity contribution in [1.82, 2.24) is 0 Å². The highest BCUT2D eigenvalue weighted by Gasteiger charge is 2.33. The summed E-state index contributed by atoms with van der Waals surface area (Å²) in [6.07, 6.45) is -3.50. The van der Waals surface area contributed by atoms with Crippen LogP contribution in [0.1, 0.15) is 42.6 Å². The molecule has 0 saturated carbocycles. The molecule has 0 unspecified atom stereocenters. The Morgan fingerprint density at radius 3 is 1.89 bits per heavy atom. The number of benzene rings is 1. The summed E-state index contributed by atoms with van der Waals surface area (Å²) in [6.45, 7) is 3.57. The van der Waals surface area contributed by atoms with Crippen molar-refractivity contribution in [3.63, 3.8) is 0 Å². The molecule has 0 amide bonds. The standard InChI is InChI=1S/C13H16F3NO/c1-3-12(17,4-2)11(18)9-5-7-10(8-6-9)13(14,15)16/h5-8H,3-4,17H2,1-2H3. The van der Waals surface area contributed by atoms with Gasteiger partial charge in [-0.15, -0.1) is 0 Å². The first kappa shape index (κ1) is 14.7. The molecule has 0 bridgehead atoms. The fourth-order valence-electron chi connectivity index (χ4n) is 1.67. The molecule has 0 aliphatic carbocycles. The van der Waals surface area contributed by atoms with Gasteiger partial charge in [-0.1, -0.05) is 26.0 Å². The molecule has 100 valence electrons. The molecule has 0 saturated heterocycles. The summed E-state index contributed by atoms with van der Waals surface area (Å²) in [5.41, 5.74) is 4.37. The van der Waals surface area contributed by atoms with Gasteiger partial charge in [0, 0.05) is 5.56 Å². The molecule has 0 aliphatic heterocycles. The fraction of sp³-hybridized carbons (Fsp3) is 0.462. The summed E-state index contributed by atoms with van der Waals surface area (Å²) >= 11 is 0. The van der Waals surface area contributed by atoms with E-state index < -0.39 is 17.3 Å². The van der Waals surface area contributed by atoms with Gasteiger partial charge in [0.15, 0.2) is 5.78 Å². The quantitative estimate of drug-likeness (QED) is 0.842. The number of carbonyl (C=O) groups is 1. The Morgan fingerprint density at radius 1 is 1.11 bits per heavy atom. The second-order valence-electron chi connectivity index (χ2n) is 4.27. The van der Waals surface area contributed by atoms with Gasteiger partial charge in [-0.3, -0.25) is 4.79 Å². The zero-order valence-electron chi connectivity index (χ0n) is 10.3. The molecule has 0 atom stereocenters. The molecule has 1 rings (SSSR count). The molecule has 1 aromatic rings. The first-order valence-electron chi connectivity index (χ1n) is 5.75. The number of nitrogens with two attached hydrogens (primary N) is 1. The lowest BCUT2D eigenvalue weighted by Gasteiger charge is -2.25. The summed E-state index contributed by atoms with van der Waals surface area (Å²) < 4.78 is 37.1. The minimum absolute atomic E-state index is 0.217. The highest BCUT2D eigenvalue weighted by molar-refractivity contribution is 6.03. The number of hydrogen-bond donors (Lipinski definition) is 1. The van der Waals surface area contributed by atoms with Gasteiger partial charge in [-0.05, 0) is 25.0 Å². The van der Waals surface area contributed by atoms with Crippen LogP contribution in [0.25, 0.3) is 0 Å². The van der Waals surface area contributed by atoms with Crippen molar-refractivity contribution >= 4 is 5.78 Å². The fourth-order valence-corrected chi connectivity index (χ4v) is 1.67. The number of rotatable bonds is 4. The second-order valence-corrected chi connectivity index (χ2v) is 4.27. The van der Waals surface area contributed by atoms with Crippen LogP contribution in [0.4, 0.5) is 13.2 Å². The van der Waals surface area contributed by atoms with E-state index >= 15 is 0 Å². The molecular formula is C13H16F3NO. The summed E-state index contributed by atoms with van der Waals surface area (Å²) in [5.74, 6) is -0.318. The lowest BCUT2D eigenvalue weighted by Crippen LogP contribution is -2.46. The number of carbonyl (C=O) groups excluding carboxylic acids is 1. The average molecular weight is 259 g/mol. The third kappa shape index (κ3) is 2.90. The first-order valence-corrected chi connectivity index (χ1v) is 5.75. The molecule has 2 N–H and O–H groups in total. The van der Waals surface area contributed by atoms with E-state index in [4.69, 9.17) is 5.73 Å². The Kier molecular flexibility index (Phi) is 4.16. The molecule has 0 aliphatic rings. The van der Waals surface area contributed by atoms with E-state index in [9.17, 15) is 18.0 Å². The van der Waals surface area contributed by atoms with Crippen LogP contribution in [-0.2, 0) is 6.18 Å². The maximum Gasteiger partial charge on any atom is 0.416 e. The summed E-state index contributed by atoms with van der Waals surface area (Å²) in [7, 11) is 0. The average Bonchev–Trinajstić information content (AvgIpc) is 2.36. The third-order valence-electron chi connectivity index (χ3n) is 3.19. The Bertz CT molecular complexity index is 419. The van der Waals surface area contributed by atoms with Gasteiger partial charge in [0.05, 0.1) is 11.1 Å². The SMILES string of the molecule is CCC(N)(CC)C(=O)c1ccc(C(F)(F)F)cc1. The van der Waals surface area contributed by atoms with Crippen LogP contribution >= 0.6 is 0 Å². The van der Waals surface area contributed by atoms with E-state index in [1.807, 2.05) is 0 Å². The van der Waals surface area contributed by atoms with Crippen LogP contribution in [-0.4, -0.2) is 11.3 Å². The number of Topliss-reactive ketones (excluding diaryl/α,β-unsaturated/α-hetero) is 1. The Morgan fingerprint density at radius 2 is 1.56 bits per heavy atom. The largest absolute Gasteiger partial charge is 0.416 e. The molecule has 2 nitrogen and oxygen atoms in total. The van der Waals surface area contributed by atoms with E-state index in [0.717, 1.165) is 12.1 Å². The summed E-state index contributed by atoms with van der Waals surface area (Å²) in [4.78, 5) is 12.1. The van der Waals surface area contributed by atoms with Gasteiger partial charge in [0.2, 0.25) is 0 Å². The van der Waals surface area contributed by atoms with Gasteiger partial charge in [-0.2, -0.15) is 13.2 Å². The number of alkyl halides is 3. The van der Waals surface area contributed by atoms with Crippen LogP contribution < -0.4 is 5.73 Å². The highest BCUT2D eigenvalue weighted by Crippen LogP contribution is 2.29. The van der Waals surface area contributed by atoms with E-state index in [2.05, 4.69) is 0 Å². The van der Waals surface area contributed by atoms with Gasteiger partial charge in [0.1, 0.15) is 0 Å². The van der Waals surface area contributed by atoms with Gasteiger partial charge >= 0.3 is 6.18 Å². The van der Waals surface area contributed by atoms with Crippen molar-refractivity contribution in [2.45, 2.75) is 38.4 Å². The topological polar surface area (TPSA) is 43.1 Å². The van der Waals surface area contributed by atoms with E-state index in [1.165, 1.54) is 12.1 Å². The molecule has 0 aromatic heterocycles. The lowest BCUT2D eigenvalue weighted by atomic mass is 9.85. The summed E-state index contributed by atoms with van der Waals surface area (Å²) in [5, 5.41) is 0. The normalized spacial score (nSPS) is 12.6. The van der Waals surface area contributed by atoms with E-state index in [-0.39, 0.29) is 11.3 Å². The van der Waals surface area contributed by atoms with Crippen LogP contribution in [0.15, 0.2) is 24.3 Å². The first-order chi connectivity index (χ1) is 8.24. The third-order valence-corrected chi connectivity index (χ3v) is 3.19. The Labute approximate surface area is 104 Å². The number of hydrogen-bond acceptors (Lipinski definition) is 2. The van der Waals surface area contributed by atoms with Crippen molar-refractivity contribution in [3.8, 4) is 0 Å². The Balaban J connectivity index is 3.03. The summed E-state index contributed by atoms with van der Waals surface area (Å²) in [6, 6.07) is 4.16. The van der Waals surface area contributed by atoms with Gasteiger partial charge < -0.3 is 5.73 Å². The predicted molar refractivity (Wildman–Crippen MR) is 63.3 cm³/mol. The molecule has 0 spiro atoms.